The number of hydrogen-bond acceptors (Lipinski definition) is 3. The monoisotopic (exact) mass is 227 g/mol. The van der Waals surface area contributed by atoms with E-state index in [9.17, 15) is 0 Å². The van der Waals surface area contributed by atoms with Crippen LogP contribution in [-0.2, 0) is 0 Å². The minimum absolute atomic E-state index is 0.252. The highest BCUT2D eigenvalue weighted by Crippen LogP contribution is 2.09. The third-order valence-electron chi connectivity index (χ3n) is 3.28. The molecule has 0 spiro atoms. The zero-order valence-electron chi connectivity index (χ0n) is 11.6. The van der Waals surface area contributed by atoms with E-state index in [4.69, 9.17) is 0 Å². The molecule has 1 aliphatic rings. The van der Waals surface area contributed by atoms with Crippen LogP contribution in [0.15, 0.2) is 0 Å². The number of hydrogen-bond donors (Lipinski definition) is 1. The van der Waals surface area contributed by atoms with Crippen LogP contribution in [0.4, 0.5) is 0 Å². The minimum atomic E-state index is 0.252. The second-order valence-corrected chi connectivity index (χ2v) is 5.53. The van der Waals surface area contributed by atoms with Gasteiger partial charge in [0.15, 0.2) is 0 Å². The minimum Gasteiger partial charge on any atom is -0.311 e. The summed E-state index contributed by atoms with van der Waals surface area (Å²) in [4.78, 5) is 5.17. The van der Waals surface area contributed by atoms with Gasteiger partial charge < -0.3 is 10.2 Å². The van der Waals surface area contributed by atoms with Crippen LogP contribution in [-0.4, -0.2) is 61.2 Å². The molecular formula is C13H29N3. The maximum atomic E-state index is 3.55. The summed E-state index contributed by atoms with van der Waals surface area (Å²) in [6.07, 6.45) is 1.28. The fourth-order valence-electron chi connectivity index (χ4n) is 2.58. The summed E-state index contributed by atoms with van der Waals surface area (Å²) in [5.74, 6) is 0. The van der Waals surface area contributed by atoms with E-state index in [2.05, 4.69) is 42.8 Å². The Morgan fingerprint density at radius 2 is 1.56 bits per heavy atom. The summed E-state index contributed by atoms with van der Waals surface area (Å²) in [6.45, 7) is 17.5. The lowest BCUT2D eigenvalue weighted by molar-refractivity contribution is 0.109. The van der Waals surface area contributed by atoms with Crippen LogP contribution in [0.2, 0.25) is 0 Å². The molecule has 0 bridgehead atoms. The topological polar surface area (TPSA) is 18.5 Å². The van der Waals surface area contributed by atoms with Gasteiger partial charge >= 0.3 is 0 Å². The molecule has 16 heavy (non-hydrogen) atoms. The summed E-state index contributed by atoms with van der Waals surface area (Å²) < 4.78 is 0. The molecule has 1 saturated heterocycles. The van der Waals surface area contributed by atoms with E-state index < -0.39 is 0 Å². The number of piperazine rings is 1. The molecule has 0 aromatic rings. The van der Waals surface area contributed by atoms with Crippen molar-refractivity contribution in [2.75, 3.05) is 45.8 Å². The second-order valence-electron chi connectivity index (χ2n) is 5.53. The molecule has 0 aromatic carbocycles. The van der Waals surface area contributed by atoms with E-state index >= 15 is 0 Å². The Hall–Kier alpha value is -0.120. The Balaban J connectivity index is 2.26. The maximum absolute atomic E-state index is 3.55. The molecule has 0 aliphatic carbocycles. The normalized spacial score (nSPS) is 20.2. The molecule has 96 valence electrons. The summed E-state index contributed by atoms with van der Waals surface area (Å²) in [6, 6.07) is 0. The van der Waals surface area contributed by atoms with Crippen LogP contribution in [0.1, 0.15) is 34.1 Å². The molecule has 0 amide bonds. The molecule has 0 aromatic heterocycles. The first-order valence-electron chi connectivity index (χ1n) is 6.77. The SMILES string of the molecule is CCCN1CCN(CC(C)(C)NCC)CC1. The fraction of sp³-hybridized carbons (Fsp3) is 1.00. The average molecular weight is 227 g/mol. The highest BCUT2D eigenvalue weighted by molar-refractivity contribution is 4.83. The molecule has 0 unspecified atom stereocenters. The second kappa shape index (κ2) is 6.58. The number of likely N-dealkylation sites (N-methyl/N-ethyl adjacent to an activating group) is 1. The van der Waals surface area contributed by atoms with Gasteiger partial charge in [-0.1, -0.05) is 13.8 Å². The van der Waals surface area contributed by atoms with Crippen LogP contribution in [0.25, 0.3) is 0 Å². The van der Waals surface area contributed by atoms with Gasteiger partial charge in [0.05, 0.1) is 0 Å². The van der Waals surface area contributed by atoms with Crippen molar-refractivity contribution in [2.24, 2.45) is 0 Å². The van der Waals surface area contributed by atoms with Crippen molar-refractivity contribution in [1.82, 2.24) is 15.1 Å². The third-order valence-corrected chi connectivity index (χ3v) is 3.28. The number of nitrogens with one attached hydrogen (secondary N) is 1. The summed E-state index contributed by atoms with van der Waals surface area (Å²) in [5.41, 5.74) is 0.252. The quantitative estimate of drug-likeness (QED) is 0.740. The van der Waals surface area contributed by atoms with Gasteiger partial charge in [0.25, 0.3) is 0 Å². The Bertz CT molecular complexity index is 184. The maximum Gasteiger partial charge on any atom is 0.0252 e. The van der Waals surface area contributed by atoms with Crippen molar-refractivity contribution in [3.05, 3.63) is 0 Å². The van der Waals surface area contributed by atoms with Gasteiger partial charge in [0.1, 0.15) is 0 Å². The molecular weight excluding hydrogens is 198 g/mol. The van der Waals surface area contributed by atoms with Crippen molar-refractivity contribution in [1.29, 1.82) is 0 Å². The van der Waals surface area contributed by atoms with Crippen molar-refractivity contribution in [2.45, 2.75) is 39.7 Å². The van der Waals surface area contributed by atoms with Crippen molar-refractivity contribution >= 4 is 0 Å². The fourth-order valence-corrected chi connectivity index (χ4v) is 2.58. The lowest BCUT2D eigenvalue weighted by atomic mass is 10.0. The number of rotatable bonds is 6. The van der Waals surface area contributed by atoms with Crippen molar-refractivity contribution < 1.29 is 0 Å². The molecule has 1 heterocycles. The molecule has 0 atom stereocenters. The van der Waals surface area contributed by atoms with Gasteiger partial charge in [-0.2, -0.15) is 0 Å². The van der Waals surface area contributed by atoms with Gasteiger partial charge in [-0.05, 0) is 33.4 Å². The Labute approximate surface area is 101 Å². The van der Waals surface area contributed by atoms with Gasteiger partial charge in [-0.15, -0.1) is 0 Å². The van der Waals surface area contributed by atoms with Gasteiger partial charge in [-0.25, -0.2) is 0 Å². The largest absolute Gasteiger partial charge is 0.311 e. The molecule has 1 fully saturated rings. The van der Waals surface area contributed by atoms with E-state index in [0.717, 1.165) is 6.54 Å². The van der Waals surface area contributed by atoms with E-state index in [1.807, 2.05) is 0 Å². The molecule has 3 nitrogen and oxygen atoms in total. The zero-order valence-corrected chi connectivity index (χ0v) is 11.6. The van der Waals surface area contributed by atoms with Crippen LogP contribution in [0.3, 0.4) is 0 Å². The van der Waals surface area contributed by atoms with Crippen LogP contribution in [0, 0.1) is 0 Å². The van der Waals surface area contributed by atoms with Crippen LogP contribution < -0.4 is 5.32 Å². The van der Waals surface area contributed by atoms with E-state index in [0.29, 0.717) is 0 Å². The first-order chi connectivity index (χ1) is 7.57. The lowest BCUT2D eigenvalue weighted by Crippen LogP contribution is -2.54. The van der Waals surface area contributed by atoms with E-state index in [-0.39, 0.29) is 5.54 Å². The molecule has 0 saturated carbocycles. The highest BCUT2D eigenvalue weighted by atomic mass is 15.3. The third kappa shape index (κ3) is 4.81. The predicted octanol–water partition coefficient (Wildman–Crippen LogP) is 1.40. The molecule has 0 radical (unpaired) electrons. The van der Waals surface area contributed by atoms with Gasteiger partial charge in [-0.3, -0.25) is 4.90 Å². The molecule has 1 rings (SSSR count). The van der Waals surface area contributed by atoms with Crippen LogP contribution in [0.5, 0.6) is 0 Å². The Kier molecular flexibility index (Phi) is 5.73. The number of nitrogens with zero attached hydrogens (tertiary/aromatic N) is 2. The first kappa shape index (κ1) is 13.9. The standard InChI is InChI=1S/C13H29N3/c1-5-7-15-8-10-16(11-9-15)12-13(3,4)14-6-2/h14H,5-12H2,1-4H3. The molecule has 1 aliphatic heterocycles. The van der Waals surface area contributed by atoms with Gasteiger partial charge in [0.2, 0.25) is 0 Å². The molecule has 1 N–H and O–H groups in total. The average Bonchev–Trinajstić information content (AvgIpc) is 2.21. The smallest absolute Gasteiger partial charge is 0.0252 e. The molecule has 3 heteroatoms. The predicted molar refractivity (Wildman–Crippen MR) is 70.9 cm³/mol. The zero-order chi connectivity index (χ0) is 12.0. The highest BCUT2D eigenvalue weighted by Gasteiger charge is 2.23. The van der Waals surface area contributed by atoms with E-state index in [1.165, 1.54) is 45.7 Å². The summed E-state index contributed by atoms with van der Waals surface area (Å²) >= 11 is 0. The Morgan fingerprint density at radius 3 is 2.06 bits per heavy atom. The van der Waals surface area contributed by atoms with E-state index in [1.54, 1.807) is 0 Å². The van der Waals surface area contributed by atoms with Crippen molar-refractivity contribution in [3.63, 3.8) is 0 Å². The lowest BCUT2D eigenvalue weighted by Gasteiger charge is -2.39. The van der Waals surface area contributed by atoms with Crippen molar-refractivity contribution in [3.8, 4) is 0 Å². The summed E-state index contributed by atoms with van der Waals surface area (Å²) in [5, 5.41) is 3.55. The van der Waals surface area contributed by atoms with Crippen LogP contribution >= 0.6 is 0 Å². The first-order valence-corrected chi connectivity index (χ1v) is 6.77. The summed E-state index contributed by atoms with van der Waals surface area (Å²) in [7, 11) is 0. The van der Waals surface area contributed by atoms with Gasteiger partial charge in [0, 0.05) is 38.3 Å². The Morgan fingerprint density at radius 1 is 1.00 bits per heavy atom.